The van der Waals surface area contributed by atoms with E-state index in [4.69, 9.17) is 9.36 Å². The molecule has 3 unspecified atom stereocenters. The van der Waals surface area contributed by atoms with Gasteiger partial charge in [0.1, 0.15) is 7.85 Å². The van der Waals surface area contributed by atoms with Crippen LogP contribution in [0.5, 0.6) is 0 Å². The summed E-state index contributed by atoms with van der Waals surface area (Å²) in [7, 11) is 1.27. The summed E-state index contributed by atoms with van der Waals surface area (Å²) in [6.45, 7) is 3.06. The lowest BCUT2D eigenvalue weighted by Gasteiger charge is -2.36. The summed E-state index contributed by atoms with van der Waals surface area (Å²) in [5.41, 5.74) is 0. The Balaban J connectivity index is 2.57. The van der Waals surface area contributed by atoms with Crippen molar-refractivity contribution in [2.24, 2.45) is 0 Å². The number of rotatable bonds is 4. The molecule has 16 heavy (non-hydrogen) atoms. The van der Waals surface area contributed by atoms with Gasteiger partial charge in [-0.3, -0.25) is 0 Å². The van der Waals surface area contributed by atoms with Crippen molar-refractivity contribution in [3.63, 3.8) is 0 Å². The highest BCUT2D eigenvalue weighted by Gasteiger charge is 2.32. The number of ether oxygens (including phenoxy) is 1. The highest BCUT2D eigenvalue weighted by molar-refractivity contribution is 7.50. The van der Waals surface area contributed by atoms with Crippen molar-refractivity contribution >= 4 is 15.6 Å². The minimum atomic E-state index is -3.69. The maximum atomic E-state index is 11.7. The van der Waals surface area contributed by atoms with Crippen molar-refractivity contribution in [1.29, 1.82) is 0 Å². The molecule has 8 heteroatoms. The zero-order chi connectivity index (χ0) is 12.3. The molecule has 0 bridgehead atoms. The zero-order valence-electron chi connectivity index (χ0n) is 10.3. The molecule has 1 saturated heterocycles. The summed E-state index contributed by atoms with van der Waals surface area (Å²) in [4.78, 5) is 9.57. The molecule has 0 amide bonds. The Morgan fingerprint density at radius 3 is 2.75 bits per heavy atom. The van der Waals surface area contributed by atoms with Crippen molar-refractivity contribution in [3.05, 3.63) is 0 Å². The molecule has 1 N–H and O–H groups in total. The lowest BCUT2D eigenvalue weighted by molar-refractivity contribution is -0.166. The predicted molar refractivity (Wildman–Crippen MR) is 63.7 cm³/mol. The molecule has 3 atom stereocenters. The van der Waals surface area contributed by atoms with E-state index in [-0.39, 0.29) is 12.1 Å². The minimum Gasteiger partial charge on any atom is -0.381 e. The van der Waals surface area contributed by atoms with Crippen LogP contribution in [0.2, 0.25) is 0 Å². The monoisotopic (exact) mass is 250 g/mol. The predicted octanol–water partition coefficient (Wildman–Crippen LogP) is -0.350. The smallest absolute Gasteiger partial charge is 0.381 e. The van der Waals surface area contributed by atoms with Crippen molar-refractivity contribution in [2.75, 3.05) is 27.2 Å². The summed E-state index contributed by atoms with van der Waals surface area (Å²) >= 11 is 0. The van der Waals surface area contributed by atoms with Gasteiger partial charge in [0.2, 0.25) is 0 Å². The molecule has 0 saturated carbocycles. The summed E-state index contributed by atoms with van der Waals surface area (Å²) in [6, 6.07) is 0.0147. The molecule has 1 rings (SSSR count). The van der Waals surface area contributed by atoms with E-state index >= 15 is 0 Å². The van der Waals surface area contributed by atoms with Crippen LogP contribution < -0.4 is 0 Å². The van der Waals surface area contributed by atoms with E-state index in [0.29, 0.717) is 13.1 Å². The molecule has 1 aliphatic rings. The van der Waals surface area contributed by atoms with Crippen molar-refractivity contribution in [3.8, 4) is 0 Å². The van der Waals surface area contributed by atoms with E-state index in [9.17, 15) is 9.46 Å². The molecule has 0 aromatic rings. The quantitative estimate of drug-likeness (QED) is 0.543. The number of nitrogens with zero attached hydrogens (tertiary/aromatic N) is 2. The second-order valence-electron chi connectivity index (χ2n) is 4.24. The zero-order valence-corrected chi connectivity index (χ0v) is 11.2. The summed E-state index contributed by atoms with van der Waals surface area (Å²) in [5, 5.41) is 1.53. The van der Waals surface area contributed by atoms with Crippen LogP contribution in [-0.2, 0) is 13.9 Å². The third-order valence-corrected chi connectivity index (χ3v) is 3.93. The third-order valence-electron chi connectivity index (χ3n) is 2.48. The van der Waals surface area contributed by atoms with E-state index in [0.717, 1.165) is 6.42 Å². The Morgan fingerprint density at radius 1 is 1.62 bits per heavy atom. The second-order valence-corrected chi connectivity index (χ2v) is 6.19. The lowest BCUT2D eigenvalue weighted by atomic mass is 9.98. The van der Waals surface area contributed by atoms with Gasteiger partial charge >= 0.3 is 7.75 Å². The van der Waals surface area contributed by atoms with Gasteiger partial charge in [-0.05, 0) is 20.5 Å². The fourth-order valence-electron chi connectivity index (χ4n) is 1.52. The minimum absolute atomic E-state index is 0.0147. The molecule has 0 aromatic heterocycles. The molecule has 94 valence electrons. The van der Waals surface area contributed by atoms with Gasteiger partial charge in [0.25, 0.3) is 0 Å². The van der Waals surface area contributed by atoms with Gasteiger partial charge in [-0.25, -0.2) is 13.9 Å². The van der Waals surface area contributed by atoms with E-state index in [2.05, 4.69) is 0 Å². The van der Waals surface area contributed by atoms with Crippen LogP contribution in [-0.4, -0.2) is 61.8 Å². The Labute approximate surface area is 97.5 Å². The fraction of sp³-hybridized carbons (Fsp3) is 1.00. The average Bonchev–Trinajstić information content (AvgIpc) is 2.15. The maximum Gasteiger partial charge on any atom is 0.421 e. The van der Waals surface area contributed by atoms with Gasteiger partial charge in [0.15, 0.2) is 0 Å². The highest BCUT2D eigenvalue weighted by atomic mass is 31.2. The van der Waals surface area contributed by atoms with E-state index in [1.807, 2.05) is 14.8 Å². The van der Waals surface area contributed by atoms with Crippen LogP contribution in [0.15, 0.2) is 0 Å². The van der Waals surface area contributed by atoms with Gasteiger partial charge in [-0.2, -0.15) is 5.06 Å². The van der Waals surface area contributed by atoms with E-state index < -0.39 is 7.75 Å². The standard InChI is InChI=1S/C8H20BN2O4P/c1-4-7-5-11(6-8(9)14-7)15-16(12,13)10(2)3/h7-8H,4-6,9H2,1-3H3,(H,12,13). The molecular formula is C8H20BN2O4P. The van der Waals surface area contributed by atoms with Gasteiger partial charge in [-0.15, -0.1) is 0 Å². The van der Waals surface area contributed by atoms with Crippen LogP contribution in [0.3, 0.4) is 0 Å². The topological polar surface area (TPSA) is 62.2 Å². The molecule has 1 fully saturated rings. The van der Waals surface area contributed by atoms with Crippen LogP contribution >= 0.6 is 7.75 Å². The third kappa shape index (κ3) is 3.84. The summed E-state index contributed by atoms with van der Waals surface area (Å²) in [6.07, 6.45) is 0.924. The Morgan fingerprint density at radius 2 is 2.25 bits per heavy atom. The molecule has 0 radical (unpaired) electrons. The average molecular weight is 250 g/mol. The number of hydrogen-bond acceptors (Lipinski definition) is 4. The number of morpholine rings is 1. The molecule has 6 nitrogen and oxygen atoms in total. The first-order valence-electron chi connectivity index (χ1n) is 5.46. The van der Waals surface area contributed by atoms with Gasteiger partial charge < -0.3 is 9.63 Å². The number of hydroxylamine groups is 2. The summed E-state index contributed by atoms with van der Waals surface area (Å²) in [5.74, 6) is 0. The molecule has 0 aromatic carbocycles. The van der Waals surface area contributed by atoms with Crippen LogP contribution in [0.4, 0.5) is 0 Å². The first kappa shape index (κ1) is 14.2. The SMILES string of the molecule is BC1CN(OP(=O)(O)N(C)C)CC(CC)O1. The highest BCUT2D eigenvalue weighted by Crippen LogP contribution is 2.45. The lowest BCUT2D eigenvalue weighted by Crippen LogP contribution is -2.47. The maximum absolute atomic E-state index is 11.7. The largest absolute Gasteiger partial charge is 0.421 e. The first-order chi connectivity index (χ1) is 7.35. The molecule has 1 heterocycles. The van der Waals surface area contributed by atoms with Crippen LogP contribution in [0.25, 0.3) is 0 Å². The van der Waals surface area contributed by atoms with E-state index in [1.165, 1.54) is 23.8 Å². The van der Waals surface area contributed by atoms with Crippen molar-refractivity contribution in [1.82, 2.24) is 9.73 Å². The van der Waals surface area contributed by atoms with Crippen LogP contribution in [0.1, 0.15) is 13.3 Å². The summed E-state index contributed by atoms with van der Waals surface area (Å²) < 4.78 is 23.6. The Hall–Kier alpha value is 0.0949. The Bertz CT molecular complexity index is 279. The van der Waals surface area contributed by atoms with Crippen molar-refractivity contribution < 1.29 is 18.8 Å². The molecule has 0 spiro atoms. The molecular weight excluding hydrogens is 230 g/mol. The van der Waals surface area contributed by atoms with Gasteiger partial charge in [0, 0.05) is 12.5 Å². The Kier molecular flexibility index (Phi) is 4.97. The van der Waals surface area contributed by atoms with Crippen LogP contribution in [0, 0.1) is 0 Å². The van der Waals surface area contributed by atoms with Gasteiger partial charge in [-0.1, -0.05) is 6.92 Å². The van der Waals surface area contributed by atoms with Crippen molar-refractivity contribution in [2.45, 2.75) is 25.5 Å². The number of hydrogen-bond donors (Lipinski definition) is 1. The molecule has 1 aliphatic heterocycles. The van der Waals surface area contributed by atoms with Gasteiger partial charge in [0.05, 0.1) is 12.6 Å². The fourth-order valence-corrected chi connectivity index (χ4v) is 2.10. The first-order valence-corrected chi connectivity index (χ1v) is 6.99. The molecule has 0 aliphatic carbocycles. The second kappa shape index (κ2) is 5.62. The van der Waals surface area contributed by atoms with E-state index in [1.54, 1.807) is 0 Å². The normalized spacial score (nSPS) is 31.6.